The lowest BCUT2D eigenvalue weighted by atomic mass is 10.2. The first kappa shape index (κ1) is 22.4. The van der Waals surface area contributed by atoms with Crippen molar-refractivity contribution in [1.29, 1.82) is 0 Å². The summed E-state index contributed by atoms with van der Waals surface area (Å²) in [6.07, 6.45) is 0. The summed E-state index contributed by atoms with van der Waals surface area (Å²) in [6, 6.07) is 14.2. The third-order valence-corrected chi connectivity index (χ3v) is 7.17. The van der Waals surface area contributed by atoms with Gasteiger partial charge in [-0.1, -0.05) is 58.6 Å². The highest BCUT2D eigenvalue weighted by molar-refractivity contribution is 8.03. The van der Waals surface area contributed by atoms with Crippen molar-refractivity contribution in [2.24, 2.45) is 0 Å². The van der Waals surface area contributed by atoms with Gasteiger partial charge in [-0.3, -0.25) is 20.4 Å². The molecular formula is C19H17ClN4O3S3. The lowest BCUT2D eigenvalue weighted by Crippen LogP contribution is -2.42. The number of carbonyl (C=O) groups is 2. The Bertz CT molecular complexity index is 997. The predicted molar refractivity (Wildman–Crippen MR) is 120 cm³/mol. The lowest BCUT2D eigenvalue weighted by Gasteiger charge is -2.06. The van der Waals surface area contributed by atoms with Crippen LogP contribution in [0.15, 0.2) is 57.2 Å². The van der Waals surface area contributed by atoms with Gasteiger partial charge >= 0.3 is 0 Å². The number of nitrogens with one attached hydrogen (secondary N) is 2. The lowest BCUT2D eigenvalue weighted by molar-refractivity contribution is -0.119. The van der Waals surface area contributed by atoms with Crippen LogP contribution in [0.1, 0.15) is 15.9 Å². The highest BCUT2D eigenvalue weighted by Crippen LogP contribution is 2.30. The quantitative estimate of drug-likeness (QED) is 0.371. The number of hydrogen-bond donors (Lipinski definition) is 2. The molecule has 0 aliphatic carbocycles. The minimum atomic E-state index is -0.418. The number of hydrazine groups is 1. The summed E-state index contributed by atoms with van der Waals surface area (Å²) < 4.78 is 6.66. The number of thioether (sulfide) groups is 2. The molecule has 0 saturated carbocycles. The van der Waals surface area contributed by atoms with Crippen LogP contribution in [-0.4, -0.2) is 34.9 Å². The first-order chi connectivity index (χ1) is 14.5. The number of carbonyl (C=O) groups excluding carboxylic acids is 2. The van der Waals surface area contributed by atoms with Gasteiger partial charge < -0.3 is 4.74 Å². The van der Waals surface area contributed by atoms with Gasteiger partial charge in [0.05, 0.1) is 12.9 Å². The van der Waals surface area contributed by atoms with Crippen molar-refractivity contribution in [1.82, 2.24) is 21.0 Å². The first-order valence-corrected chi connectivity index (χ1v) is 11.8. The van der Waals surface area contributed by atoms with E-state index >= 15 is 0 Å². The SMILES string of the molecule is COc1ccc(CSc2nnc(SCC(=O)NNC(=O)c3ccc(Cl)cc3)s2)cc1. The molecule has 0 fully saturated rings. The average molecular weight is 481 g/mol. The number of benzene rings is 2. The van der Waals surface area contributed by atoms with Gasteiger partial charge in [-0.15, -0.1) is 10.2 Å². The van der Waals surface area contributed by atoms with Crippen molar-refractivity contribution in [2.75, 3.05) is 12.9 Å². The van der Waals surface area contributed by atoms with Gasteiger partial charge in [-0.2, -0.15) is 0 Å². The average Bonchev–Trinajstić information content (AvgIpc) is 3.23. The Morgan fingerprint density at radius 1 is 1.00 bits per heavy atom. The summed E-state index contributed by atoms with van der Waals surface area (Å²) in [6.45, 7) is 0. The molecular weight excluding hydrogens is 464 g/mol. The van der Waals surface area contributed by atoms with Crippen LogP contribution in [0.5, 0.6) is 5.75 Å². The molecule has 0 saturated heterocycles. The van der Waals surface area contributed by atoms with E-state index in [0.29, 0.717) is 14.9 Å². The van der Waals surface area contributed by atoms with Crippen molar-refractivity contribution >= 4 is 58.3 Å². The molecule has 30 heavy (non-hydrogen) atoms. The maximum absolute atomic E-state index is 12.0. The Morgan fingerprint density at radius 2 is 1.67 bits per heavy atom. The van der Waals surface area contributed by atoms with Crippen LogP contribution in [0.25, 0.3) is 0 Å². The number of rotatable bonds is 8. The number of aromatic nitrogens is 2. The van der Waals surface area contributed by atoms with E-state index in [1.807, 2.05) is 24.3 Å². The fraction of sp³-hybridized carbons (Fsp3) is 0.158. The smallest absolute Gasteiger partial charge is 0.269 e. The van der Waals surface area contributed by atoms with Gasteiger partial charge in [-0.05, 0) is 42.0 Å². The monoisotopic (exact) mass is 480 g/mol. The molecule has 0 bridgehead atoms. The van der Waals surface area contributed by atoms with E-state index in [0.717, 1.165) is 21.4 Å². The number of halogens is 1. The Kier molecular flexibility index (Phi) is 8.38. The maximum atomic E-state index is 12.0. The van der Waals surface area contributed by atoms with E-state index in [2.05, 4.69) is 21.0 Å². The van der Waals surface area contributed by atoms with Crippen LogP contribution < -0.4 is 15.6 Å². The number of ether oxygens (including phenoxy) is 1. The Hall–Kier alpha value is -2.27. The summed E-state index contributed by atoms with van der Waals surface area (Å²) in [5.41, 5.74) is 6.29. The predicted octanol–water partition coefficient (Wildman–Crippen LogP) is 4.05. The van der Waals surface area contributed by atoms with Gasteiger partial charge in [0.25, 0.3) is 5.91 Å². The molecule has 0 spiro atoms. The van der Waals surface area contributed by atoms with Gasteiger partial charge in [0.1, 0.15) is 5.75 Å². The second-order valence-corrected chi connectivity index (χ2v) is 9.63. The van der Waals surface area contributed by atoms with Gasteiger partial charge in [0, 0.05) is 16.3 Å². The molecule has 2 aromatic carbocycles. The van der Waals surface area contributed by atoms with E-state index in [1.165, 1.54) is 23.1 Å². The molecule has 2 amide bonds. The molecule has 2 N–H and O–H groups in total. The highest BCUT2D eigenvalue weighted by atomic mass is 35.5. The van der Waals surface area contributed by atoms with Crippen LogP contribution in [-0.2, 0) is 10.5 Å². The summed E-state index contributed by atoms with van der Waals surface area (Å²) >= 11 is 10.0. The number of amides is 2. The Labute approximate surface area is 190 Å². The minimum absolute atomic E-state index is 0.110. The van der Waals surface area contributed by atoms with E-state index in [1.54, 1.807) is 43.1 Å². The molecule has 3 aromatic rings. The van der Waals surface area contributed by atoms with E-state index in [-0.39, 0.29) is 11.7 Å². The summed E-state index contributed by atoms with van der Waals surface area (Å²) in [4.78, 5) is 23.9. The van der Waals surface area contributed by atoms with Crippen molar-refractivity contribution in [3.05, 3.63) is 64.7 Å². The van der Waals surface area contributed by atoms with Crippen LogP contribution >= 0.6 is 46.5 Å². The van der Waals surface area contributed by atoms with E-state index < -0.39 is 5.91 Å². The highest BCUT2D eigenvalue weighted by Gasteiger charge is 2.11. The molecule has 156 valence electrons. The van der Waals surface area contributed by atoms with Crippen LogP contribution in [0.3, 0.4) is 0 Å². The second-order valence-electron chi connectivity index (χ2n) is 5.77. The van der Waals surface area contributed by atoms with Crippen LogP contribution in [0.4, 0.5) is 0 Å². The van der Waals surface area contributed by atoms with E-state index in [9.17, 15) is 9.59 Å². The molecule has 7 nitrogen and oxygen atoms in total. The minimum Gasteiger partial charge on any atom is -0.497 e. The van der Waals surface area contributed by atoms with Crippen LogP contribution in [0, 0.1) is 0 Å². The fourth-order valence-electron chi connectivity index (χ4n) is 2.14. The first-order valence-electron chi connectivity index (χ1n) is 8.60. The zero-order valence-corrected chi connectivity index (χ0v) is 19.0. The van der Waals surface area contributed by atoms with Crippen molar-refractivity contribution < 1.29 is 14.3 Å². The number of nitrogens with zero attached hydrogens (tertiary/aromatic N) is 2. The molecule has 11 heteroatoms. The topological polar surface area (TPSA) is 93.2 Å². The summed E-state index contributed by atoms with van der Waals surface area (Å²) in [7, 11) is 1.64. The third kappa shape index (κ3) is 6.91. The standard InChI is InChI=1S/C19H17ClN4O3S3/c1-27-15-8-2-12(3-9-15)10-28-18-23-24-19(30-18)29-11-16(25)21-22-17(26)13-4-6-14(20)7-5-13/h2-9H,10-11H2,1H3,(H,21,25)(H,22,26). The summed E-state index contributed by atoms with van der Waals surface area (Å²) in [5.74, 6) is 0.934. The van der Waals surface area contributed by atoms with Crippen molar-refractivity contribution in [3.8, 4) is 5.75 Å². The zero-order valence-electron chi connectivity index (χ0n) is 15.8. The molecule has 0 aliphatic rings. The fourth-order valence-corrected chi connectivity index (χ4v) is 5.05. The summed E-state index contributed by atoms with van der Waals surface area (Å²) in [5, 5.41) is 8.76. The van der Waals surface area contributed by atoms with Gasteiger partial charge in [0.2, 0.25) is 5.91 Å². The van der Waals surface area contributed by atoms with Crippen molar-refractivity contribution in [2.45, 2.75) is 14.4 Å². The third-order valence-electron chi connectivity index (χ3n) is 3.66. The van der Waals surface area contributed by atoms with Gasteiger partial charge in [0.15, 0.2) is 8.68 Å². The molecule has 0 radical (unpaired) electrons. The second kappa shape index (κ2) is 11.2. The molecule has 1 heterocycles. The molecule has 0 aliphatic heterocycles. The molecule has 0 unspecified atom stereocenters. The largest absolute Gasteiger partial charge is 0.497 e. The number of hydrogen-bond acceptors (Lipinski definition) is 8. The van der Waals surface area contributed by atoms with E-state index in [4.69, 9.17) is 16.3 Å². The molecule has 3 rings (SSSR count). The van der Waals surface area contributed by atoms with Crippen molar-refractivity contribution in [3.63, 3.8) is 0 Å². The number of methoxy groups -OCH3 is 1. The Morgan fingerprint density at radius 3 is 2.33 bits per heavy atom. The molecule has 1 aromatic heterocycles. The zero-order chi connectivity index (χ0) is 21.3. The van der Waals surface area contributed by atoms with Crippen LogP contribution in [0.2, 0.25) is 5.02 Å². The normalized spacial score (nSPS) is 10.5. The van der Waals surface area contributed by atoms with Gasteiger partial charge in [-0.25, -0.2) is 0 Å². The molecule has 0 atom stereocenters. The maximum Gasteiger partial charge on any atom is 0.269 e. The Balaban J connectivity index is 1.39.